The maximum Gasteiger partial charge on any atom is 0.234 e. The number of rotatable bonds is 5. The van der Waals surface area contributed by atoms with Gasteiger partial charge in [-0.3, -0.25) is 9.59 Å². The standard InChI is InChI=1S/C10H21N3O2/c1-10(2,3)13-9(15)7-12-6-5-8(14)11-4/h12H,5-7H2,1-4H3,(H,11,14)(H,13,15). The lowest BCUT2D eigenvalue weighted by Gasteiger charge is -2.20. The lowest BCUT2D eigenvalue weighted by atomic mass is 10.1. The molecule has 0 radical (unpaired) electrons. The van der Waals surface area contributed by atoms with Crippen LogP contribution in [0.2, 0.25) is 0 Å². The molecule has 0 aromatic carbocycles. The van der Waals surface area contributed by atoms with Gasteiger partial charge in [-0.25, -0.2) is 0 Å². The monoisotopic (exact) mass is 215 g/mol. The van der Waals surface area contributed by atoms with E-state index in [1.54, 1.807) is 7.05 Å². The van der Waals surface area contributed by atoms with E-state index in [1.165, 1.54) is 0 Å². The molecule has 0 aliphatic carbocycles. The molecule has 5 nitrogen and oxygen atoms in total. The second kappa shape index (κ2) is 6.40. The van der Waals surface area contributed by atoms with Crippen molar-refractivity contribution in [3.05, 3.63) is 0 Å². The Kier molecular flexibility index (Phi) is 5.93. The molecule has 0 saturated carbocycles. The Bertz CT molecular complexity index is 221. The smallest absolute Gasteiger partial charge is 0.234 e. The zero-order chi connectivity index (χ0) is 11.9. The number of hydrogen-bond acceptors (Lipinski definition) is 3. The molecule has 0 spiro atoms. The molecule has 0 rings (SSSR count). The van der Waals surface area contributed by atoms with Gasteiger partial charge in [-0.1, -0.05) is 0 Å². The van der Waals surface area contributed by atoms with Crippen LogP contribution in [-0.4, -0.2) is 37.5 Å². The van der Waals surface area contributed by atoms with Gasteiger partial charge in [0.1, 0.15) is 0 Å². The molecule has 15 heavy (non-hydrogen) atoms. The van der Waals surface area contributed by atoms with Crippen molar-refractivity contribution >= 4 is 11.8 Å². The largest absolute Gasteiger partial charge is 0.359 e. The van der Waals surface area contributed by atoms with Gasteiger partial charge in [-0.05, 0) is 20.8 Å². The topological polar surface area (TPSA) is 70.2 Å². The second-order valence-corrected chi connectivity index (χ2v) is 4.40. The van der Waals surface area contributed by atoms with E-state index in [0.717, 1.165) is 0 Å². The zero-order valence-corrected chi connectivity index (χ0v) is 9.94. The van der Waals surface area contributed by atoms with E-state index in [-0.39, 0.29) is 23.9 Å². The first kappa shape index (κ1) is 13.9. The highest BCUT2D eigenvalue weighted by molar-refractivity contribution is 5.79. The molecule has 0 heterocycles. The molecule has 0 unspecified atom stereocenters. The molecule has 2 amide bonds. The molecule has 0 bridgehead atoms. The molecule has 0 fully saturated rings. The third kappa shape index (κ3) is 9.21. The number of carbonyl (C=O) groups is 2. The molecule has 0 saturated heterocycles. The molecule has 0 atom stereocenters. The first-order valence-electron chi connectivity index (χ1n) is 5.07. The molecule has 88 valence electrons. The van der Waals surface area contributed by atoms with E-state index in [9.17, 15) is 9.59 Å². The number of nitrogens with one attached hydrogen (secondary N) is 3. The minimum atomic E-state index is -0.209. The molecule has 5 heteroatoms. The summed E-state index contributed by atoms with van der Waals surface area (Å²) in [5.41, 5.74) is -0.209. The van der Waals surface area contributed by atoms with Crippen molar-refractivity contribution < 1.29 is 9.59 Å². The van der Waals surface area contributed by atoms with Gasteiger partial charge in [0.05, 0.1) is 6.54 Å². The highest BCUT2D eigenvalue weighted by atomic mass is 16.2. The van der Waals surface area contributed by atoms with Gasteiger partial charge >= 0.3 is 0 Å². The first-order valence-corrected chi connectivity index (χ1v) is 5.07. The van der Waals surface area contributed by atoms with Crippen LogP contribution >= 0.6 is 0 Å². The molecule has 0 aromatic heterocycles. The summed E-state index contributed by atoms with van der Waals surface area (Å²) in [7, 11) is 1.59. The number of amides is 2. The van der Waals surface area contributed by atoms with Crippen LogP contribution in [0.4, 0.5) is 0 Å². The highest BCUT2D eigenvalue weighted by Crippen LogP contribution is 1.96. The summed E-state index contributed by atoms with van der Waals surface area (Å²) in [4.78, 5) is 22.1. The maximum absolute atomic E-state index is 11.3. The van der Waals surface area contributed by atoms with E-state index >= 15 is 0 Å². The van der Waals surface area contributed by atoms with Gasteiger partial charge in [0.15, 0.2) is 0 Å². The van der Waals surface area contributed by atoms with Crippen molar-refractivity contribution in [1.82, 2.24) is 16.0 Å². The van der Waals surface area contributed by atoms with E-state index < -0.39 is 0 Å². The van der Waals surface area contributed by atoms with Crippen molar-refractivity contribution in [1.29, 1.82) is 0 Å². The fourth-order valence-electron chi connectivity index (χ4n) is 0.991. The molecule has 0 aliphatic heterocycles. The Hall–Kier alpha value is -1.10. The van der Waals surface area contributed by atoms with Crippen LogP contribution < -0.4 is 16.0 Å². The Morgan fingerprint density at radius 2 is 1.73 bits per heavy atom. The van der Waals surface area contributed by atoms with Gasteiger partial charge in [0.25, 0.3) is 0 Å². The maximum atomic E-state index is 11.3. The SMILES string of the molecule is CNC(=O)CCNCC(=O)NC(C)(C)C. The Morgan fingerprint density at radius 3 is 2.20 bits per heavy atom. The summed E-state index contributed by atoms with van der Waals surface area (Å²) in [5, 5.41) is 8.23. The average molecular weight is 215 g/mol. The first-order chi connectivity index (χ1) is 6.85. The van der Waals surface area contributed by atoms with Crippen LogP contribution in [0, 0.1) is 0 Å². The molecule has 0 aliphatic rings. The highest BCUT2D eigenvalue weighted by Gasteiger charge is 2.12. The van der Waals surface area contributed by atoms with Gasteiger partial charge in [-0.15, -0.1) is 0 Å². The predicted molar refractivity (Wildman–Crippen MR) is 59.4 cm³/mol. The Morgan fingerprint density at radius 1 is 1.13 bits per heavy atom. The lowest BCUT2D eigenvalue weighted by molar-refractivity contribution is -0.122. The van der Waals surface area contributed by atoms with Crippen LogP contribution in [0.3, 0.4) is 0 Å². The molecule has 3 N–H and O–H groups in total. The van der Waals surface area contributed by atoms with E-state index in [1.807, 2.05) is 20.8 Å². The summed E-state index contributed by atoms with van der Waals surface area (Å²) in [6.07, 6.45) is 0.388. The summed E-state index contributed by atoms with van der Waals surface area (Å²) in [6.45, 7) is 6.53. The predicted octanol–water partition coefficient (Wildman–Crippen LogP) is -0.373. The normalized spacial score (nSPS) is 10.9. The van der Waals surface area contributed by atoms with Crippen molar-refractivity contribution in [2.75, 3.05) is 20.1 Å². The van der Waals surface area contributed by atoms with Crippen LogP contribution in [0.1, 0.15) is 27.2 Å². The minimum Gasteiger partial charge on any atom is -0.359 e. The third-order valence-corrected chi connectivity index (χ3v) is 1.61. The third-order valence-electron chi connectivity index (χ3n) is 1.61. The fourth-order valence-corrected chi connectivity index (χ4v) is 0.991. The lowest BCUT2D eigenvalue weighted by Crippen LogP contribution is -2.45. The van der Waals surface area contributed by atoms with Crippen LogP contribution in [0.25, 0.3) is 0 Å². The number of hydrogen-bond donors (Lipinski definition) is 3. The van der Waals surface area contributed by atoms with Gasteiger partial charge in [0.2, 0.25) is 11.8 Å². The quantitative estimate of drug-likeness (QED) is 0.548. The molecule has 0 aromatic rings. The van der Waals surface area contributed by atoms with Crippen molar-refractivity contribution in [3.63, 3.8) is 0 Å². The van der Waals surface area contributed by atoms with Gasteiger partial charge in [0, 0.05) is 25.6 Å². The second-order valence-electron chi connectivity index (χ2n) is 4.40. The van der Waals surface area contributed by atoms with Crippen LogP contribution in [-0.2, 0) is 9.59 Å². The summed E-state index contributed by atoms with van der Waals surface area (Å²) in [5.74, 6) is -0.0851. The van der Waals surface area contributed by atoms with Gasteiger partial charge < -0.3 is 16.0 Å². The average Bonchev–Trinajstić information content (AvgIpc) is 2.09. The molecular weight excluding hydrogens is 194 g/mol. The zero-order valence-electron chi connectivity index (χ0n) is 9.94. The number of carbonyl (C=O) groups excluding carboxylic acids is 2. The fraction of sp³-hybridized carbons (Fsp3) is 0.800. The van der Waals surface area contributed by atoms with E-state index in [2.05, 4.69) is 16.0 Å². The van der Waals surface area contributed by atoms with Crippen molar-refractivity contribution in [2.45, 2.75) is 32.7 Å². The van der Waals surface area contributed by atoms with Crippen LogP contribution in [0.5, 0.6) is 0 Å². The van der Waals surface area contributed by atoms with Crippen molar-refractivity contribution in [3.8, 4) is 0 Å². The van der Waals surface area contributed by atoms with E-state index in [4.69, 9.17) is 0 Å². The Labute approximate surface area is 91.0 Å². The van der Waals surface area contributed by atoms with Gasteiger partial charge in [-0.2, -0.15) is 0 Å². The van der Waals surface area contributed by atoms with E-state index in [0.29, 0.717) is 13.0 Å². The van der Waals surface area contributed by atoms with Crippen molar-refractivity contribution in [2.24, 2.45) is 0 Å². The minimum absolute atomic E-state index is 0.0290. The summed E-state index contributed by atoms with van der Waals surface area (Å²) < 4.78 is 0. The summed E-state index contributed by atoms with van der Waals surface area (Å²) >= 11 is 0. The molecular formula is C10H21N3O2. The van der Waals surface area contributed by atoms with Crippen LogP contribution in [0.15, 0.2) is 0 Å². The summed E-state index contributed by atoms with van der Waals surface area (Å²) in [6, 6.07) is 0. The Balaban J connectivity index is 3.52.